The number of hydrogen-bond acceptors (Lipinski definition) is 6. The van der Waals surface area contributed by atoms with Crippen molar-refractivity contribution in [2.24, 2.45) is 0 Å². The van der Waals surface area contributed by atoms with Crippen molar-refractivity contribution in [3.63, 3.8) is 0 Å². The van der Waals surface area contributed by atoms with E-state index in [1.807, 2.05) is 69.6 Å². The molecule has 0 atom stereocenters. The molecule has 33 heavy (non-hydrogen) atoms. The lowest BCUT2D eigenvalue weighted by molar-refractivity contribution is 0.0525. The van der Waals surface area contributed by atoms with Crippen molar-refractivity contribution in [2.45, 2.75) is 53.4 Å². The highest BCUT2D eigenvalue weighted by Crippen LogP contribution is 2.25. The van der Waals surface area contributed by atoms with Gasteiger partial charge in [-0.1, -0.05) is 30.3 Å². The second-order valence-electron chi connectivity index (χ2n) is 9.19. The van der Waals surface area contributed by atoms with Crippen LogP contribution in [-0.4, -0.2) is 65.2 Å². The summed E-state index contributed by atoms with van der Waals surface area (Å²) in [6.07, 6.45) is -0.713. The molecule has 0 saturated carbocycles. The summed E-state index contributed by atoms with van der Waals surface area (Å²) in [7, 11) is 0. The largest absolute Gasteiger partial charge is 0.445 e. The molecule has 0 spiro atoms. The summed E-state index contributed by atoms with van der Waals surface area (Å²) in [5.74, 6) is 0. The monoisotopic (exact) mass is 457 g/mol. The van der Waals surface area contributed by atoms with E-state index in [9.17, 15) is 9.59 Å². The zero-order valence-electron chi connectivity index (χ0n) is 20.3. The lowest BCUT2D eigenvalue weighted by Crippen LogP contribution is -2.49. The number of carbonyl (C=O) groups is 2. The molecule has 1 saturated heterocycles. The van der Waals surface area contributed by atoms with Crippen molar-refractivity contribution in [2.75, 3.05) is 37.6 Å². The van der Waals surface area contributed by atoms with E-state index in [0.717, 1.165) is 22.6 Å². The van der Waals surface area contributed by atoms with E-state index in [4.69, 9.17) is 9.47 Å². The van der Waals surface area contributed by atoms with Crippen LogP contribution in [0.3, 0.4) is 0 Å². The minimum absolute atomic E-state index is 0.280. The normalized spacial score (nSPS) is 14.2. The van der Waals surface area contributed by atoms with E-state index in [1.165, 1.54) is 0 Å². The molecule has 0 unspecified atom stereocenters. The lowest BCUT2D eigenvalue weighted by atomic mass is 10.2. The summed E-state index contributed by atoms with van der Waals surface area (Å²) < 4.78 is 12.6. The summed E-state index contributed by atoms with van der Waals surface area (Å²) in [5, 5.41) is 7.42. The highest BCUT2D eigenvalue weighted by atomic mass is 16.6. The fourth-order valence-corrected chi connectivity index (χ4v) is 3.86. The number of rotatable bonds is 6. The van der Waals surface area contributed by atoms with E-state index < -0.39 is 11.7 Å². The van der Waals surface area contributed by atoms with Gasteiger partial charge in [-0.15, -0.1) is 0 Å². The summed E-state index contributed by atoms with van der Waals surface area (Å²) in [4.78, 5) is 28.3. The van der Waals surface area contributed by atoms with E-state index >= 15 is 0 Å². The van der Waals surface area contributed by atoms with Gasteiger partial charge in [-0.05, 0) is 40.2 Å². The Morgan fingerprint density at radius 1 is 1.06 bits per heavy atom. The molecule has 9 nitrogen and oxygen atoms in total. The average Bonchev–Trinajstić information content (AvgIpc) is 3.04. The molecular weight excluding hydrogens is 422 g/mol. The van der Waals surface area contributed by atoms with Gasteiger partial charge in [-0.3, -0.25) is 4.68 Å². The standard InChI is InChI=1S/C24H35N5O4/c1-18-21(19(2)29(26-18)12-11-25-22(30)33-24(3,4)5)27-13-15-28(16-14-27)23(31)32-17-20-9-7-6-8-10-20/h6-10H,11-17H2,1-5H3,(H,25,30). The molecule has 0 aliphatic carbocycles. The number of aryl methyl sites for hydroxylation is 1. The van der Waals surface area contributed by atoms with Crippen LogP contribution in [0.15, 0.2) is 30.3 Å². The summed E-state index contributed by atoms with van der Waals surface area (Å²) in [6, 6.07) is 9.68. The maximum absolute atomic E-state index is 12.4. The maximum Gasteiger partial charge on any atom is 0.410 e. The topological polar surface area (TPSA) is 88.9 Å². The molecule has 180 valence electrons. The van der Waals surface area contributed by atoms with Gasteiger partial charge >= 0.3 is 12.2 Å². The molecule has 1 aliphatic rings. The van der Waals surface area contributed by atoms with Gasteiger partial charge in [0.05, 0.1) is 23.6 Å². The summed E-state index contributed by atoms with van der Waals surface area (Å²) in [6.45, 7) is 13.4. The predicted octanol–water partition coefficient (Wildman–Crippen LogP) is 3.48. The molecule has 1 N–H and O–H groups in total. The van der Waals surface area contributed by atoms with E-state index in [-0.39, 0.29) is 12.7 Å². The highest BCUT2D eigenvalue weighted by Gasteiger charge is 2.26. The highest BCUT2D eigenvalue weighted by molar-refractivity contribution is 5.68. The summed E-state index contributed by atoms with van der Waals surface area (Å²) >= 11 is 0. The van der Waals surface area contributed by atoms with E-state index in [2.05, 4.69) is 15.3 Å². The average molecular weight is 458 g/mol. The van der Waals surface area contributed by atoms with Crippen LogP contribution in [0, 0.1) is 13.8 Å². The zero-order valence-corrected chi connectivity index (χ0v) is 20.3. The van der Waals surface area contributed by atoms with Crippen molar-refractivity contribution in [3.05, 3.63) is 47.3 Å². The van der Waals surface area contributed by atoms with Crippen LogP contribution in [0.4, 0.5) is 15.3 Å². The van der Waals surface area contributed by atoms with Gasteiger partial charge in [0, 0.05) is 32.7 Å². The van der Waals surface area contributed by atoms with Gasteiger partial charge in [0.15, 0.2) is 0 Å². The minimum atomic E-state index is -0.522. The third kappa shape index (κ3) is 6.87. The van der Waals surface area contributed by atoms with Gasteiger partial charge in [0.2, 0.25) is 0 Å². The molecule has 2 heterocycles. The van der Waals surface area contributed by atoms with Crippen molar-refractivity contribution < 1.29 is 19.1 Å². The van der Waals surface area contributed by atoms with Crippen LogP contribution in [0.2, 0.25) is 0 Å². The molecule has 1 aromatic carbocycles. The molecule has 0 bridgehead atoms. The van der Waals surface area contributed by atoms with E-state index in [1.54, 1.807) is 4.90 Å². The molecule has 0 radical (unpaired) electrons. The Labute approximate surface area is 195 Å². The fraction of sp³-hybridized carbons (Fsp3) is 0.542. The first-order valence-electron chi connectivity index (χ1n) is 11.4. The number of nitrogens with one attached hydrogen (secondary N) is 1. The number of aromatic nitrogens is 2. The first kappa shape index (κ1) is 24.4. The Balaban J connectivity index is 1.49. The Morgan fingerprint density at radius 2 is 1.73 bits per heavy atom. The van der Waals surface area contributed by atoms with Crippen LogP contribution in [0.25, 0.3) is 0 Å². The number of carbonyl (C=O) groups excluding carboxylic acids is 2. The second-order valence-corrected chi connectivity index (χ2v) is 9.19. The van der Waals surface area contributed by atoms with Crippen LogP contribution < -0.4 is 10.2 Å². The quantitative estimate of drug-likeness (QED) is 0.714. The second kappa shape index (κ2) is 10.6. The molecule has 1 aliphatic heterocycles. The van der Waals surface area contributed by atoms with Crippen molar-refractivity contribution in [1.29, 1.82) is 0 Å². The zero-order chi connectivity index (χ0) is 24.0. The number of ether oxygens (including phenoxy) is 2. The predicted molar refractivity (Wildman–Crippen MR) is 126 cm³/mol. The molecule has 1 fully saturated rings. The van der Waals surface area contributed by atoms with Gasteiger partial charge in [0.25, 0.3) is 0 Å². The number of anilines is 1. The van der Waals surface area contributed by atoms with Gasteiger partial charge < -0.3 is 24.6 Å². The Kier molecular flexibility index (Phi) is 7.84. The minimum Gasteiger partial charge on any atom is -0.445 e. The third-order valence-electron chi connectivity index (χ3n) is 5.39. The SMILES string of the molecule is Cc1nn(CCNC(=O)OC(C)(C)C)c(C)c1N1CCN(C(=O)OCc2ccccc2)CC1. The Bertz CT molecular complexity index is 944. The number of benzene rings is 1. The van der Waals surface area contributed by atoms with Gasteiger partial charge in [0.1, 0.15) is 12.2 Å². The smallest absolute Gasteiger partial charge is 0.410 e. The maximum atomic E-state index is 12.4. The first-order valence-corrected chi connectivity index (χ1v) is 11.4. The molecule has 2 aromatic rings. The van der Waals surface area contributed by atoms with Crippen molar-refractivity contribution in [1.82, 2.24) is 20.0 Å². The summed E-state index contributed by atoms with van der Waals surface area (Å²) in [5.41, 5.74) is 3.52. The van der Waals surface area contributed by atoms with Crippen LogP contribution >= 0.6 is 0 Å². The fourth-order valence-electron chi connectivity index (χ4n) is 3.86. The number of alkyl carbamates (subject to hydrolysis) is 1. The van der Waals surface area contributed by atoms with Crippen LogP contribution in [0.5, 0.6) is 0 Å². The Hall–Kier alpha value is -3.23. The molecular formula is C24H35N5O4. The van der Waals surface area contributed by atoms with Crippen molar-refractivity contribution >= 4 is 17.9 Å². The first-order chi connectivity index (χ1) is 15.6. The van der Waals surface area contributed by atoms with Crippen molar-refractivity contribution in [3.8, 4) is 0 Å². The number of piperazine rings is 1. The molecule has 1 aromatic heterocycles. The molecule has 2 amide bonds. The molecule has 9 heteroatoms. The van der Waals surface area contributed by atoms with Crippen LogP contribution in [0.1, 0.15) is 37.7 Å². The number of amides is 2. The molecule has 3 rings (SSSR count). The van der Waals surface area contributed by atoms with E-state index in [0.29, 0.717) is 39.3 Å². The number of hydrogen-bond donors (Lipinski definition) is 1. The van der Waals surface area contributed by atoms with Crippen LogP contribution in [-0.2, 0) is 22.6 Å². The van der Waals surface area contributed by atoms with Gasteiger partial charge in [-0.2, -0.15) is 5.10 Å². The lowest BCUT2D eigenvalue weighted by Gasteiger charge is -2.35. The number of nitrogens with zero attached hydrogens (tertiary/aromatic N) is 4. The van der Waals surface area contributed by atoms with Gasteiger partial charge in [-0.25, -0.2) is 9.59 Å². The Morgan fingerprint density at radius 3 is 2.36 bits per heavy atom. The third-order valence-corrected chi connectivity index (χ3v) is 5.39.